The first kappa shape index (κ1) is 45.4. The van der Waals surface area contributed by atoms with E-state index in [1.54, 1.807) is 11.8 Å². The fraction of sp³-hybridized carbons (Fsp3) is 0.704. The molecule has 1 fully saturated rings. The van der Waals surface area contributed by atoms with Crippen LogP contribution >= 0.6 is 35.2 Å². The predicted octanol–water partition coefficient (Wildman–Crippen LogP) is 1.58. The summed E-state index contributed by atoms with van der Waals surface area (Å²) in [5, 5.41) is 21.5. The number of phosphoric acid groups is 3. The number of fused-ring (bicyclic) bond motifs is 1. The first-order chi connectivity index (χ1) is 24.5. The van der Waals surface area contributed by atoms with Crippen LogP contribution < -0.4 is 5.73 Å². The normalized spacial score (nSPS) is 22.4. The molecule has 0 amide bonds. The number of imidazole rings is 1. The lowest BCUT2D eigenvalue weighted by molar-refractivity contribution is -0.134. The molecule has 0 saturated carbocycles. The van der Waals surface area contributed by atoms with Gasteiger partial charge >= 0.3 is 23.5 Å². The second-order valence-electron chi connectivity index (χ2n) is 12.7. The van der Waals surface area contributed by atoms with E-state index in [2.05, 4.69) is 23.8 Å². The number of aliphatic hydroxyl groups excluding tert-OH is 2. The largest absolute Gasteiger partial charge is 0.481 e. The molecule has 53 heavy (non-hydrogen) atoms. The lowest BCUT2D eigenvalue weighted by Crippen LogP contribution is -2.39. The number of hydrogen-bond donors (Lipinski definition) is 7. The number of carbonyl (C=O) groups is 3. The van der Waals surface area contributed by atoms with E-state index in [1.807, 2.05) is 0 Å². The second-order valence-corrected chi connectivity index (χ2v) is 18.2. The smallest absolute Gasteiger partial charge is 0.386 e. The van der Waals surface area contributed by atoms with E-state index in [4.69, 9.17) is 19.5 Å². The van der Waals surface area contributed by atoms with Crippen molar-refractivity contribution < 1.29 is 80.5 Å². The molecule has 300 valence electrons. The molecule has 0 radical (unpaired) electrons. The number of nitrogens with two attached hydrogens (primary N) is 1. The molecule has 7 atom stereocenters. The molecular weight excluding hydrogens is 791 g/mol. The highest BCUT2D eigenvalue weighted by molar-refractivity contribution is 7.99. The Balaban J connectivity index is 1.51. The number of anilines is 1. The van der Waals surface area contributed by atoms with E-state index in [0.29, 0.717) is 30.8 Å². The number of hydrogen-bond acceptors (Lipinski definition) is 18. The SMILES string of the molecule is CC(=O)CCSCCCC(=O)CCCC(=O)[C@H](O)C(C)(C)COP(=O)(O)OP(=O)(O)OC[C@H]1O[C@H](n2cnc3c(N)ncnc32)[C@H](O)[C@@H]1OP(=O)(O)O. The molecule has 22 nitrogen and oxygen atoms in total. The summed E-state index contributed by atoms with van der Waals surface area (Å²) in [6.45, 7) is 2.19. The quantitative estimate of drug-likeness (QED) is 0.0583. The molecule has 2 aromatic rings. The standard InChI is InChI=1S/C27H44N5O17P3S/c1-16(33)9-11-53-10-5-7-17(34)6-4-8-18(35)23(37)27(2,3)13-46-52(43,44)49-51(41,42)45-12-19-22(48-50(38,39)40)21(36)26(47-19)32-15-31-20-24(28)29-14-30-25(20)32/h14-15,19,21-23,26,36-37H,4-13H2,1-3H3,(H,41,42)(H,43,44)(H2,28,29,30)(H2,38,39,40)/t19-,21-,22-,23+,26+/m1/s1. The fourth-order valence-corrected chi connectivity index (χ4v) is 8.76. The fourth-order valence-electron chi connectivity index (χ4n) is 4.95. The van der Waals surface area contributed by atoms with Gasteiger partial charge < -0.3 is 40.3 Å². The van der Waals surface area contributed by atoms with Crippen LogP contribution in [0.3, 0.4) is 0 Å². The van der Waals surface area contributed by atoms with Gasteiger partial charge in [-0.1, -0.05) is 13.8 Å². The molecular formula is C27H44N5O17P3S. The third-order valence-electron chi connectivity index (χ3n) is 7.70. The second kappa shape index (κ2) is 19.2. The summed E-state index contributed by atoms with van der Waals surface area (Å²) in [6, 6.07) is 0. The van der Waals surface area contributed by atoms with Crippen molar-refractivity contribution in [2.24, 2.45) is 5.41 Å². The molecule has 1 aliphatic rings. The summed E-state index contributed by atoms with van der Waals surface area (Å²) in [5.41, 5.74) is 4.37. The van der Waals surface area contributed by atoms with Crippen LogP contribution in [0.15, 0.2) is 12.7 Å². The third kappa shape index (κ3) is 14.2. The summed E-state index contributed by atoms with van der Waals surface area (Å²) in [6.07, 6.45) is -5.05. The van der Waals surface area contributed by atoms with Gasteiger partial charge in [0.2, 0.25) is 0 Å². The van der Waals surface area contributed by atoms with Crippen molar-refractivity contribution in [2.45, 2.75) is 89.9 Å². The van der Waals surface area contributed by atoms with Gasteiger partial charge in [-0.3, -0.25) is 32.5 Å². The molecule has 3 heterocycles. The van der Waals surface area contributed by atoms with Gasteiger partial charge in [0.05, 0.1) is 19.5 Å². The lowest BCUT2D eigenvalue weighted by Gasteiger charge is -2.30. The van der Waals surface area contributed by atoms with Crippen LogP contribution in [0.5, 0.6) is 0 Å². The van der Waals surface area contributed by atoms with Crippen LogP contribution in [-0.2, 0) is 50.7 Å². The maximum atomic E-state index is 12.7. The molecule has 0 aromatic carbocycles. The van der Waals surface area contributed by atoms with E-state index >= 15 is 0 Å². The molecule has 3 rings (SSSR count). The number of ketones is 3. The average molecular weight is 836 g/mol. The highest BCUT2D eigenvalue weighted by Crippen LogP contribution is 2.61. The molecule has 0 aliphatic carbocycles. The Morgan fingerprint density at radius 1 is 1.00 bits per heavy atom. The van der Waals surface area contributed by atoms with Crippen molar-refractivity contribution in [3.8, 4) is 0 Å². The number of Topliss-reactive ketones (excluding diaryl/α,β-unsaturated/α-hetero) is 3. The van der Waals surface area contributed by atoms with Gasteiger partial charge in [-0.2, -0.15) is 16.1 Å². The topological polar surface area (TPSA) is 340 Å². The van der Waals surface area contributed by atoms with Gasteiger partial charge in [-0.15, -0.1) is 0 Å². The molecule has 1 aliphatic heterocycles. The minimum Gasteiger partial charge on any atom is -0.386 e. The summed E-state index contributed by atoms with van der Waals surface area (Å²) in [4.78, 5) is 86.6. The van der Waals surface area contributed by atoms with Crippen LogP contribution in [0.25, 0.3) is 11.2 Å². The summed E-state index contributed by atoms with van der Waals surface area (Å²) >= 11 is 1.57. The lowest BCUT2D eigenvalue weighted by atomic mass is 9.84. The number of nitrogen functional groups attached to an aromatic ring is 1. The van der Waals surface area contributed by atoms with Crippen molar-refractivity contribution >= 4 is 69.6 Å². The van der Waals surface area contributed by atoms with Gasteiger partial charge in [0.25, 0.3) is 0 Å². The Hall–Kier alpha value is -2.04. The minimum absolute atomic E-state index is 0.0352. The zero-order valence-electron chi connectivity index (χ0n) is 28.9. The average Bonchev–Trinajstić information content (AvgIpc) is 3.60. The van der Waals surface area contributed by atoms with E-state index in [0.717, 1.165) is 17.2 Å². The van der Waals surface area contributed by atoms with Crippen LogP contribution in [0.4, 0.5) is 5.82 Å². The van der Waals surface area contributed by atoms with Gasteiger partial charge in [-0.25, -0.2) is 28.6 Å². The number of ether oxygens (including phenoxy) is 1. The van der Waals surface area contributed by atoms with Crippen molar-refractivity contribution in [1.82, 2.24) is 19.5 Å². The summed E-state index contributed by atoms with van der Waals surface area (Å²) in [7, 11) is -16.3. The van der Waals surface area contributed by atoms with E-state index in [1.165, 1.54) is 20.8 Å². The first-order valence-corrected chi connectivity index (χ1v) is 21.7. The summed E-state index contributed by atoms with van der Waals surface area (Å²) < 4.78 is 62.1. The Labute approximate surface area is 307 Å². The van der Waals surface area contributed by atoms with E-state index in [-0.39, 0.29) is 47.8 Å². The highest BCUT2D eigenvalue weighted by atomic mass is 32.2. The zero-order valence-corrected chi connectivity index (χ0v) is 32.4. The van der Waals surface area contributed by atoms with Gasteiger partial charge in [0.1, 0.15) is 47.8 Å². The predicted molar refractivity (Wildman–Crippen MR) is 185 cm³/mol. The molecule has 0 spiro atoms. The number of phosphoric ester groups is 3. The van der Waals surface area contributed by atoms with Crippen LogP contribution in [-0.4, -0.2) is 116 Å². The third-order valence-corrected chi connectivity index (χ3v) is 11.9. The van der Waals surface area contributed by atoms with Crippen LogP contribution in [0, 0.1) is 5.41 Å². The number of rotatable bonds is 24. The Morgan fingerprint density at radius 2 is 1.66 bits per heavy atom. The molecule has 1 saturated heterocycles. The maximum absolute atomic E-state index is 12.7. The van der Waals surface area contributed by atoms with Crippen molar-refractivity contribution in [1.29, 1.82) is 0 Å². The van der Waals surface area contributed by atoms with Gasteiger partial charge in [0.15, 0.2) is 23.5 Å². The van der Waals surface area contributed by atoms with E-state index in [9.17, 15) is 57.9 Å². The zero-order chi connectivity index (χ0) is 39.8. The Morgan fingerprint density at radius 3 is 2.32 bits per heavy atom. The van der Waals surface area contributed by atoms with E-state index < -0.39 is 78.5 Å². The number of aromatic nitrogens is 4. The number of nitrogens with zero attached hydrogens (tertiary/aromatic N) is 4. The summed E-state index contributed by atoms with van der Waals surface area (Å²) in [5.74, 6) is 0.713. The number of thioether (sulfide) groups is 1. The first-order valence-electron chi connectivity index (χ1n) is 16.0. The molecule has 2 aromatic heterocycles. The van der Waals surface area contributed by atoms with Crippen molar-refractivity contribution in [3.63, 3.8) is 0 Å². The Bertz CT molecular complexity index is 1740. The Kier molecular flexibility index (Phi) is 16.4. The van der Waals surface area contributed by atoms with Crippen molar-refractivity contribution in [2.75, 3.05) is 30.5 Å². The molecule has 0 bridgehead atoms. The molecule has 2 unspecified atom stereocenters. The molecule has 8 N–H and O–H groups in total. The highest BCUT2D eigenvalue weighted by Gasteiger charge is 2.50. The van der Waals surface area contributed by atoms with Crippen LogP contribution in [0.2, 0.25) is 0 Å². The maximum Gasteiger partial charge on any atom is 0.481 e. The monoisotopic (exact) mass is 835 g/mol. The minimum atomic E-state index is -5.54. The van der Waals surface area contributed by atoms with Crippen LogP contribution in [0.1, 0.15) is 65.5 Å². The van der Waals surface area contributed by atoms with Crippen molar-refractivity contribution in [3.05, 3.63) is 12.7 Å². The molecule has 26 heteroatoms. The van der Waals surface area contributed by atoms with Gasteiger partial charge in [0, 0.05) is 36.9 Å². The van der Waals surface area contributed by atoms with Gasteiger partial charge in [-0.05, 0) is 25.5 Å². The number of carbonyl (C=O) groups excluding carboxylic acids is 3. The number of aliphatic hydroxyl groups is 2.